The van der Waals surface area contributed by atoms with Crippen molar-refractivity contribution in [3.8, 4) is 5.75 Å². The lowest BCUT2D eigenvalue weighted by Gasteiger charge is -2.21. The lowest BCUT2D eigenvalue weighted by atomic mass is 10.2. The zero-order valence-electron chi connectivity index (χ0n) is 10.6. The van der Waals surface area contributed by atoms with Gasteiger partial charge in [0.2, 0.25) is 0 Å². The number of nitrogens with one attached hydrogen (secondary N) is 1. The van der Waals surface area contributed by atoms with E-state index in [1.165, 1.54) is 6.07 Å². The minimum absolute atomic E-state index is 0.224. The van der Waals surface area contributed by atoms with E-state index in [2.05, 4.69) is 5.32 Å². The summed E-state index contributed by atoms with van der Waals surface area (Å²) in [5.41, 5.74) is -0.178. The second-order valence-corrected chi connectivity index (χ2v) is 6.80. The summed E-state index contributed by atoms with van der Waals surface area (Å²) in [6.45, 7) is 0.564. The molecule has 6 nitrogen and oxygen atoms in total. The third-order valence-corrected chi connectivity index (χ3v) is 5.65. The SMILES string of the molecule is O=C(NCC1CSCCS1)c1ccc([N+](=O)[O-])c(O)c1. The van der Waals surface area contributed by atoms with Crippen molar-refractivity contribution in [1.82, 2.24) is 5.32 Å². The summed E-state index contributed by atoms with van der Waals surface area (Å²) in [7, 11) is 0. The van der Waals surface area contributed by atoms with Crippen molar-refractivity contribution in [2.75, 3.05) is 23.8 Å². The highest BCUT2D eigenvalue weighted by Gasteiger charge is 2.18. The number of carbonyl (C=O) groups is 1. The minimum atomic E-state index is -0.688. The molecule has 1 atom stereocenters. The Labute approximate surface area is 124 Å². The van der Waals surface area contributed by atoms with E-state index < -0.39 is 16.4 Å². The molecule has 1 unspecified atom stereocenters. The highest BCUT2D eigenvalue weighted by Crippen LogP contribution is 2.26. The standard InChI is InChI=1S/C12H14N2O4S2/c15-11-5-8(1-2-10(11)14(17)18)12(16)13-6-9-7-19-3-4-20-9/h1-2,5,9,15H,3-4,6-7H2,(H,13,16). The number of rotatable bonds is 4. The number of phenolic OH excluding ortho intramolecular Hbond substituents is 1. The summed E-state index contributed by atoms with van der Waals surface area (Å²) in [4.78, 5) is 21.8. The van der Waals surface area contributed by atoms with Gasteiger partial charge in [-0.25, -0.2) is 0 Å². The number of nitrogens with zero attached hydrogens (tertiary/aromatic N) is 1. The summed E-state index contributed by atoms with van der Waals surface area (Å²) in [5, 5.41) is 23.3. The Morgan fingerprint density at radius 2 is 2.30 bits per heavy atom. The molecular formula is C12H14N2O4S2. The van der Waals surface area contributed by atoms with Crippen molar-refractivity contribution in [2.45, 2.75) is 5.25 Å². The fourth-order valence-corrected chi connectivity index (χ4v) is 4.39. The van der Waals surface area contributed by atoms with Gasteiger partial charge in [-0.05, 0) is 12.1 Å². The minimum Gasteiger partial charge on any atom is -0.502 e. The van der Waals surface area contributed by atoms with E-state index >= 15 is 0 Å². The van der Waals surface area contributed by atoms with Crippen LogP contribution in [0.25, 0.3) is 0 Å². The molecule has 1 aliphatic rings. The van der Waals surface area contributed by atoms with Gasteiger partial charge in [0.05, 0.1) is 4.92 Å². The molecule has 1 aromatic rings. The molecule has 0 aromatic heterocycles. The van der Waals surface area contributed by atoms with E-state index in [1.807, 2.05) is 23.5 Å². The number of phenols is 1. The third-order valence-electron chi connectivity index (χ3n) is 2.81. The summed E-state index contributed by atoms with van der Waals surface area (Å²) < 4.78 is 0. The molecule has 1 amide bonds. The maximum atomic E-state index is 11.9. The van der Waals surface area contributed by atoms with Gasteiger partial charge < -0.3 is 10.4 Å². The van der Waals surface area contributed by atoms with Crippen LogP contribution in [0.5, 0.6) is 5.75 Å². The van der Waals surface area contributed by atoms with Crippen LogP contribution in [-0.4, -0.2) is 45.0 Å². The number of benzene rings is 1. The number of hydrogen-bond acceptors (Lipinski definition) is 6. The monoisotopic (exact) mass is 314 g/mol. The molecule has 1 aliphatic heterocycles. The number of amides is 1. The third kappa shape index (κ3) is 3.80. The Morgan fingerprint density at radius 1 is 1.50 bits per heavy atom. The van der Waals surface area contributed by atoms with Crippen molar-refractivity contribution >= 4 is 35.1 Å². The highest BCUT2D eigenvalue weighted by atomic mass is 32.2. The quantitative estimate of drug-likeness (QED) is 0.651. The van der Waals surface area contributed by atoms with Crippen LogP contribution in [0.2, 0.25) is 0 Å². The predicted molar refractivity (Wildman–Crippen MR) is 80.7 cm³/mol. The first kappa shape index (κ1) is 15.0. The van der Waals surface area contributed by atoms with Gasteiger partial charge in [0.15, 0.2) is 5.75 Å². The van der Waals surface area contributed by atoms with Crippen molar-refractivity contribution in [3.05, 3.63) is 33.9 Å². The highest BCUT2D eigenvalue weighted by molar-refractivity contribution is 8.06. The average molecular weight is 314 g/mol. The first-order valence-corrected chi connectivity index (χ1v) is 8.23. The number of carbonyl (C=O) groups excluding carboxylic acids is 1. The lowest BCUT2D eigenvalue weighted by molar-refractivity contribution is -0.385. The largest absolute Gasteiger partial charge is 0.502 e. The van der Waals surface area contributed by atoms with Crippen molar-refractivity contribution in [1.29, 1.82) is 0 Å². The summed E-state index contributed by atoms with van der Waals surface area (Å²) >= 11 is 3.71. The van der Waals surface area contributed by atoms with Crippen LogP contribution in [0, 0.1) is 10.1 Å². The molecule has 2 rings (SSSR count). The molecule has 1 heterocycles. The van der Waals surface area contributed by atoms with Gasteiger partial charge in [0, 0.05) is 40.7 Å². The number of nitro benzene ring substituents is 1. The van der Waals surface area contributed by atoms with E-state index in [4.69, 9.17) is 0 Å². The summed E-state index contributed by atoms with van der Waals surface area (Å²) in [5.74, 6) is 2.42. The first-order chi connectivity index (χ1) is 9.58. The molecule has 0 spiro atoms. The van der Waals surface area contributed by atoms with Gasteiger partial charge in [0.1, 0.15) is 0 Å². The van der Waals surface area contributed by atoms with Gasteiger partial charge in [0.25, 0.3) is 5.91 Å². The first-order valence-electron chi connectivity index (χ1n) is 6.03. The van der Waals surface area contributed by atoms with E-state index in [0.29, 0.717) is 11.8 Å². The van der Waals surface area contributed by atoms with Crippen LogP contribution in [-0.2, 0) is 0 Å². The van der Waals surface area contributed by atoms with Crippen molar-refractivity contribution in [2.24, 2.45) is 0 Å². The van der Waals surface area contributed by atoms with Crippen LogP contribution >= 0.6 is 23.5 Å². The van der Waals surface area contributed by atoms with Gasteiger partial charge in [-0.2, -0.15) is 23.5 Å². The fraction of sp³-hybridized carbons (Fsp3) is 0.417. The van der Waals surface area contributed by atoms with E-state index in [1.54, 1.807) is 0 Å². The van der Waals surface area contributed by atoms with E-state index in [-0.39, 0.29) is 11.5 Å². The zero-order valence-corrected chi connectivity index (χ0v) is 12.2. The van der Waals surface area contributed by atoms with Gasteiger partial charge in [-0.3, -0.25) is 14.9 Å². The Hall–Kier alpha value is -1.41. The summed E-state index contributed by atoms with van der Waals surface area (Å²) in [6, 6.07) is 3.60. The smallest absolute Gasteiger partial charge is 0.310 e. The summed E-state index contributed by atoms with van der Waals surface area (Å²) in [6.07, 6.45) is 0. The van der Waals surface area contributed by atoms with E-state index in [9.17, 15) is 20.0 Å². The van der Waals surface area contributed by atoms with Gasteiger partial charge in [-0.1, -0.05) is 0 Å². The average Bonchev–Trinajstić information content (AvgIpc) is 2.45. The molecule has 8 heteroatoms. The van der Waals surface area contributed by atoms with E-state index in [0.717, 1.165) is 29.4 Å². The molecule has 0 aliphatic carbocycles. The Balaban J connectivity index is 1.95. The number of hydrogen-bond donors (Lipinski definition) is 2. The lowest BCUT2D eigenvalue weighted by Crippen LogP contribution is -2.33. The van der Waals surface area contributed by atoms with Gasteiger partial charge >= 0.3 is 5.69 Å². The zero-order chi connectivity index (χ0) is 14.5. The molecule has 0 bridgehead atoms. The Kier molecular flexibility index (Phi) is 5.13. The molecule has 0 saturated carbocycles. The number of aromatic hydroxyl groups is 1. The van der Waals surface area contributed by atoms with Crippen LogP contribution < -0.4 is 5.32 Å². The second kappa shape index (κ2) is 6.85. The molecular weight excluding hydrogens is 300 g/mol. The predicted octanol–water partition coefficient (Wildman–Crippen LogP) is 1.88. The normalized spacial score (nSPS) is 18.5. The van der Waals surface area contributed by atoms with Crippen LogP contribution in [0.4, 0.5) is 5.69 Å². The van der Waals surface area contributed by atoms with Crippen LogP contribution in [0.3, 0.4) is 0 Å². The van der Waals surface area contributed by atoms with Crippen molar-refractivity contribution < 1.29 is 14.8 Å². The molecule has 2 N–H and O–H groups in total. The van der Waals surface area contributed by atoms with Gasteiger partial charge in [-0.15, -0.1) is 0 Å². The molecule has 1 fully saturated rings. The van der Waals surface area contributed by atoms with Crippen LogP contribution in [0.1, 0.15) is 10.4 Å². The number of thioether (sulfide) groups is 2. The Bertz CT molecular complexity index is 518. The maximum Gasteiger partial charge on any atom is 0.310 e. The molecule has 108 valence electrons. The molecule has 0 radical (unpaired) electrons. The maximum absolute atomic E-state index is 11.9. The topological polar surface area (TPSA) is 92.5 Å². The fourth-order valence-electron chi connectivity index (χ4n) is 1.78. The molecule has 1 saturated heterocycles. The second-order valence-electron chi connectivity index (χ2n) is 4.24. The molecule has 1 aromatic carbocycles. The van der Waals surface area contributed by atoms with Crippen molar-refractivity contribution in [3.63, 3.8) is 0 Å². The number of nitro groups is 1. The molecule has 20 heavy (non-hydrogen) atoms. The van der Waals surface area contributed by atoms with Crippen LogP contribution in [0.15, 0.2) is 18.2 Å². The Morgan fingerprint density at radius 3 is 2.90 bits per heavy atom.